The van der Waals surface area contributed by atoms with Gasteiger partial charge in [-0.05, 0) is 55.7 Å². The molecule has 0 radical (unpaired) electrons. The van der Waals surface area contributed by atoms with Gasteiger partial charge in [-0.1, -0.05) is 36.9 Å². The molecule has 2 aromatic rings. The average molecular weight is 459 g/mol. The van der Waals surface area contributed by atoms with Crippen LogP contribution in [0.5, 0.6) is 11.5 Å². The molecule has 7 nitrogen and oxygen atoms in total. The second kappa shape index (κ2) is 11.0. The molecule has 1 fully saturated rings. The van der Waals surface area contributed by atoms with Crippen LogP contribution in [0.4, 0.5) is 5.69 Å². The molecule has 170 valence electrons. The first-order valence-electron chi connectivity index (χ1n) is 10.6. The number of halogens is 1. The predicted octanol–water partition coefficient (Wildman–Crippen LogP) is 4.31. The Hall–Kier alpha value is -3.06. The topological polar surface area (TPSA) is 93.7 Å². The largest absolute Gasteiger partial charge is 0.493 e. The molecule has 1 saturated carbocycles. The zero-order valence-electron chi connectivity index (χ0n) is 18.2. The van der Waals surface area contributed by atoms with E-state index in [-0.39, 0.29) is 29.7 Å². The first-order chi connectivity index (χ1) is 15.4. The number of anilines is 1. The van der Waals surface area contributed by atoms with Crippen molar-refractivity contribution in [2.24, 2.45) is 0 Å². The van der Waals surface area contributed by atoms with E-state index in [0.29, 0.717) is 10.7 Å². The molecule has 2 aromatic carbocycles. The van der Waals surface area contributed by atoms with Crippen molar-refractivity contribution in [1.82, 2.24) is 5.32 Å². The molecule has 0 saturated heterocycles. The van der Waals surface area contributed by atoms with E-state index in [9.17, 15) is 14.4 Å². The minimum absolute atomic E-state index is 0.0464. The molecule has 2 N–H and O–H groups in total. The third kappa shape index (κ3) is 6.23. The Labute approximate surface area is 192 Å². The van der Waals surface area contributed by atoms with Crippen molar-refractivity contribution in [3.63, 3.8) is 0 Å². The van der Waals surface area contributed by atoms with Crippen molar-refractivity contribution in [2.75, 3.05) is 19.0 Å². The van der Waals surface area contributed by atoms with Crippen molar-refractivity contribution >= 4 is 34.9 Å². The van der Waals surface area contributed by atoms with Gasteiger partial charge in [-0.25, -0.2) is 0 Å². The maximum atomic E-state index is 12.5. The summed E-state index contributed by atoms with van der Waals surface area (Å²) in [5, 5.41) is 5.94. The van der Waals surface area contributed by atoms with Gasteiger partial charge >= 0.3 is 0 Å². The predicted molar refractivity (Wildman–Crippen MR) is 123 cm³/mol. The lowest BCUT2D eigenvalue weighted by Crippen LogP contribution is -2.40. The molecular formula is C24H27ClN2O5. The Morgan fingerprint density at radius 3 is 2.50 bits per heavy atom. The van der Waals surface area contributed by atoms with Crippen LogP contribution in [0.1, 0.15) is 48.0 Å². The summed E-state index contributed by atoms with van der Waals surface area (Å²) in [7, 11) is 1.42. The SMILES string of the molecule is COc1cc(C(=O)C(=O)NC2CCCCC2)ccc1OCC(=O)Nc1cc(C)ccc1Cl. The summed E-state index contributed by atoms with van der Waals surface area (Å²) in [6.07, 6.45) is 5.07. The minimum atomic E-state index is -0.632. The Morgan fingerprint density at radius 2 is 1.78 bits per heavy atom. The maximum absolute atomic E-state index is 12.5. The Morgan fingerprint density at radius 1 is 1.03 bits per heavy atom. The van der Waals surface area contributed by atoms with Crippen LogP contribution < -0.4 is 20.1 Å². The van der Waals surface area contributed by atoms with Crippen molar-refractivity contribution in [3.8, 4) is 11.5 Å². The van der Waals surface area contributed by atoms with Crippen LogP contribution in [0.2, 0.25) is 5.02 Å². The molecule has 2 amide bonds. The molecule has 0 aromatic heterocycles. The van der Waals surface area contributed by atoms with Crippen LogP contribution in [0.15, 0.2) is 36.4 Å². The minimum Gasteiger partial charge on any atom is -0.493 e. The van der Waals surface area contributed by atoms with Gasteiger partial charge in [0.1, 0.15) is 0 Å². The summed E-state index contributed by atoms with van der Waals surface area (Å²) in [6, 6.07) is 9.79. The number of ketones is 1. The second-order valence-corrected chi connectivity index (χ2v) is 8.23. The fourth-order valence-corrected chi connectivity index (χ4v) is 3.79. The number of amides is 2. The first kappa shape index (κ1) is 23.6. The molecule has 32 heavy (non-hydrogen) atoms. The number of hydrogen-bond donors (Lipinski definition) is 2. The molecule has 0 atom stereocenters. The lowest BCUT2D eigenvalue weighted by atomic mass is 9.95. The van der Waals surface area contributed by atoms with E-state index >= 15 is 0 Å². The first-order valence-corrected chi connectivity index (χ1v) is 11.0. The van der Waals surface area contributed by atoms with E-state index in [1.54, 1.807) is 12.1 Å². The molecule has 0 bridgehead atoms. The van der Waals surface area contributed by atoms with Crippen LogP contribution in [0.3, 0.4) is 0 Å². The normalized spacial score (nSPS) is 13.8. The number of benzene rings is 2. The molecule has 0 heterocycles. The van der Waals surface area contributed by atoms with Crippen molar-refractivity contribution in [3.05, 3.63) is 52.5 Å². The summed E-state index contributed by atoms with van der Waals surface area (Å²) >= 11 is 6.10. The highest BCUT2D eigenvalue weighted by atomic mass is 35.5. The zero-order chi connectivity index (χ0) is 23.1. The van der Waals surface area contributed by atoms with Crippen molar-refractivity contribution in [1.29, 1.82) is 0 Å². The van der Waals surface area contributed by atoms with Gasteiger partial charge in [0.25, 0.3) is 11.8 Å². The molecule has 3 rings (SSSR count). The van der Waals surface area contributed by atoms with Crippen LogP contribution in [-0.4, -0.2) is 37.4 Å². The highest BCUT2D eigenvalue weighted by Gasteiger charge is 2.23. The molecule has 0 unspecified atom stereocenters. The Balaban J connectivity index is 1.60. The fourth-order valence-electron chi connectivity index (χ4n) is 3.62. The number of methoxy groups -OCH3 is 1. The molecule has 0 spiro atoms. The van der Waals surface area contributed by atoms with Gasteiger partial charge in [0, 0.05) is 11.6 Å². The Bertz CT molecular complexity index is 1000. The average Bonchev–Trinajstić information content (AvgIpc) is 2.80. The summed E-state index contributed by atoms with van der Waals surface area (Å²) in [4.78, 5) is 37.1. The van der Waals surface area contributed by atoms with Gasteiger partial charge < -0.3 is 20.1 Å². The summed E-state index contributed by atoms with van der Waals surface area (Å²) < 4.78 is 10.8. The summed E-state index contributed by atoms with van der Waals surface area (Å²) in [6.45, 7) is 1.61. The maximum Gasteiger partial charge on any atom is 0.292 e. The van der Waals surface area contributed by atoms with Gasteiger partial charge in [-0.2, -0.15) is 0 Å². The second-order valence-electron chi connectivity index (χ2n) is 7.82. The Kier molecular flexibility index (Phi) is 8.11. The number of aryl methyl sites for hydroxylation is 1. The highest BCUT2D eigenvalue weighted by molar-refractivity contribution is 6.43. The number of Topliss-reactive ketones (excluding diaryl/α,β-unsaturated/α-hetero) is 1. The number of rotatable bonds is 8. The van der Waals surface area contributed by atoms with Crippen molar-refractivity contribution < 1.29 is 23.9 Å². The third-order valence-electron chi connectivity index (χ3n) is 5.33. The van der Waals surface area contributed by atoms with E-state index in [2.05, 4.69) is 10.6 Å². The quantitative estimate of drug-likeness (QED) is 0.454. The lowest BCUT2D eigenvalue weighted by molar-refractivity contribution is -0.118. The van der Waals surface area contributed by atoms with Gasteiger partial charge in [0.15, 0.2) is 18.1 Å². The van der Waals surface area contributed by atoms with E-state index in [0.717, 1.165) is 37.7 Å². The molecule has 1 aliphatic rings. The number of ether oxygens (including phenoxy) is 2. The monoisotopic (exact) mass is 458 g/mol. The molecule has 8 heteroatoms. The zero-order valence-corrected chi connectivity index (χ0v) is 19.0. The van der Waals surface area contributed by atoms with Crippen LogP contribution in [0.25, 0.3) is 0 Å². The molecule has 0 aliphatic heterocycles. The molecular weight excluding hydrogens is 432 g/mol. The number of carbonyl (C=O) groups is 3. The van der Waals surface area contributed by atoms with E-state index < -0.39 is 17.6 Å². The number of carbonyl (C=O) groups excluding carboxylic acids is 3. The highest BCUT2D eigenvalue weighted by Crippen LogP contribution is 2.29. The van der Waals surface area contributed by atoms with Gasteiger partial charge in [0.2, 0.25) is 5.78 Å². The third-order valence-corrected chi connectivity index (χ3v) is 5.66. The van der Waals surface area contributed by atoms with Crippen LogP contribution in [0, 0.1) is 6.92 Å². The standard InChI is InChI=1S/C24H27ClN2O5/c1-15-8-10-18(25)19(12-15)27-22(28)14-32-20-11-9-16(13-21(20)31-2)23(29)24(30)26-17-6-4-3-5-7-17/h8-13,17H,3-7,14H2,1-2H3,(H,26,30)(H,27,28). The van der Waals surface area contributed by atoms with Crippen LogP contribution >= 0.6 is 11.6 Å². The van der Waals surface area contributed by atoms with E-state index in [1.165, 1.54) is 25.3 Å². The number of hydrogen-bond acceptors (Lipinski definition) is 5. The van der Waals surface area contributed by atoms with E-state index in [1.807, 2.05) is 13.0 Å². The summed E-state index contributed by atoms with van der Waals surface area (Å²) in [5.74, 6) is -1.12. The lowest BCUT2D eigenvalue weighted by Gasteiger charge is -2.22. The summed E-state index contributed by atoms with van der Waals surface area (Å²) in [5.41, 5.74) is 1.65. The number of nitrogens with one attached hydrogen (secondary N) is 2. The van der Waals surface area contributed by atoms with Crippen molar-refractivity contribution in [2.45, 2.75) is 45.1 Å². The van der Waals surface area contributed by atoms with E-state index in [4.69, 9.17) is 21.1 Å². The molecule has 1 aliphatic carbocycles. The van der Waals surface area contributed by atoms with Gasteiger partial charge in [0.05, 0.1) is 17.8 Å². The van der Waals surface area contributed by atoms with Gasteiger partial charge in [-0.3, -0.25) is 14.4 Å². The van der Waals surface area contributed by atoms with Gasteiger partial charge in [-0.15, -0.1) is 0 Å². The smallest absolute Gasteiger partial charge is 0.292 e. The van der Waals surface area contributed by atoms with Crippen LogP contribution in [-0.2, 0) is 9.59 Å². The fraction of sp³-hybridized carbons (Fsp3) is 0.375.